The number of terminal acetylenes is 2. The lowest BCUT2D eigenvalue weighted by Crippen LogP contribution is -2.20. The highest BCUT2D eigenvalue weighted by Gasteiger charge is 2.26. The van der Waals surface area contributed by atoms with Gasteiger partial charge in [-0.05, 0) is 67.5 Å². The summed E-state index contributed by atoms with van der Waals surface area (Å²) in [7, 11) is 0. The van der Waals surface area contributed by atoms with Gasteiger partial charge in [-0.15, -0.1) is 18.8 Å². The van der Waals surface area contributed by atoms with Crippen LogP contribution in [0.15, 0.2) is 67.0 Å². The first-order chi connectivity index (χ1) is 19.6. The molecule has 2 aromatic carbocycles. The number of H-pyrrole nitrogens is 1. The average molecular weight is 527 g/mol. The van der Waals surface area contributed by atoms with E-state index in [-0.39, 0.29) is 5.78 Å². The number of fused-ring (bicyclic) bond motifs is 3. The molecule has 5 aromatic rings. The molecule has 0 spiro atoms. The highest BCUT2D eigenvalue weighted by atomic mass is 16.5. The van der Waals surface area contributed by atoms with Gasteiger partial charge in [0.15, 0.2) is 5.78 Å². The zero-order chi connectivity index (χ0) is 27.5. The van der Waals surface area contributed by atoms with Crippen molar-refractivity contribution in [3.05, 3.63) is 95.1 Å². The Balaban J connectivity index is 1.18. The second-order valence-electron chi connectivity index (χ2n) is 10.5. The van der Waals surface area contributed by atoms with E-state index in [1.54, 1.807) is 24.3 Å². The maximum atomic E-state index is 12.8. The summed E-state index contributed by atoms with van der Waals surface area (Å²) in [5, 5.41) is 1.08. The fourth-order valence-corrected chi connectivity index (χ4v) is 5.81. The van der Waals surface area contributed by atoms with Crippen LogP contribution in [0.4, 0.5) is 0 Å². The van der Waals surface area contributed by atoms with Gasteiger partial charge in [-0.1, -0.05) is 30.2 Å². The maximum Gasteiger partial charge on any atom is 0.193 e. The quantitative estimate of drug-likeness (QED) is 0.183. The van der Waals surface area contributed by atoms with Crippen molar-refractivity contribution in [3.63, 3.8) is 0 Å². The smallest absolute Gasteiger partial charge is 0.193 e. The normalized spacial score (nSPS) is 17.1. The Bertz CT molecular complexity index is 1740. The number of aromatic amines is 1. The lowest BCUT2D eigenvalue weighted by Gasteiger charge is -2.30. The predicted molar refractivity (Wildman–Crippen MR) is 157 cm³/mol. The second-order valence-corrected chi connectivity index (χ2v) is 10.5. The Hall–Kier alpha value is -4.65. The lowest BCUT2D eigenvalue weighted by atomic mass is 9.84. The molecule has 1 N–H and O–H groups in total. The average Bonchev–Trinajstić information content (AvgIpc) is 3.62. The molecule has 3 aromatic heterocycles. The summed E-state index contributed by atoms with van der Waals surface area (Å²) in [6, 6.07) is 17.1. The summed E-state index contributed by atoms with van der Waals surface area (Å²) in [4.78, 5) is 25.6. The third-order valence-electron chi connectivity index (χ3n) is 7.93. The number of aromatic nitrogens is 4. The summed E-state index contributed by atoms with van der Waals surface area (Å²) in [5.74, 6) is 6.88. The van der Waals surface area contributed by atoms with Gasteiger partial charge < -0.3 is 14.3 Å². The number of pyridine rings is 1. The highest BCUT2D eigenvalue weighted by Crippen LogP contribution is 2.38. The molecule has 0 radical (unpaired) electrons. The van der Waals surface area contributed by atoms with E-state index < -0.39 is 0 Å². The number of nitrogens with zero attached hydrogens (tertiary/aromatic N) is 3. The van der Waals surface area contributed by atoms with E-state index in [1.165, 1.54) is 0 Å². The Morgan fingerprint density at radius 2 is 1.70 bits per heavy atom. The molecule has 40 heavy (non-hydrogen) atoms. The molecule has 0 bridgehead atoms. The number of ketones is 1. The first-order valence-electron chi connectivity index (χ1n) is 13.7. The number of nitrogens with one attached hydrogen (secondary N) is 1. The Morgan fingerprint density at radius 1 is 0.975 bits per heavy atom. The fraction of sp³-hybridized carbons (Fsp3) is 0.265. The molecule has 0 saturated heterocycles. The monoisotopic (exact) mass is 526 g/mol. The van der Waals surface area contributed by atoms with Crippen LogP contribution in [0.1, 0.15) is 71.0 Å². The third kappa shape index (κ3) is 5.02. The third-order valence-corrected chi connectivity index (χ3v) is 7.93. The Kier molecular flexibility index (Phi) is 7.19. The van der Waals surface area contributed by atoms with Crippen LogP contribution < -0.4 is 0 Å². The van der Waals surface area contributed by atoms with Gasteiger partial charge in [0.2, 0.25) is 0 Å². The fourth-order valence-electron chi connectivity index (χ4n) is 5.81. The first kappa shape index (κ1) is 25.6. The topological polar surface area (TPSA) is 72.8 Å². The minimum Gasteiger partial charge on any atom is -0.369 e. The van der Waals surface area contributed by atoms with Crippen molar-refractivity contribution in [1.82, 2.24) is 19.5 Å². The van der Waals surface area contributed by atoms with E-state index in [4.69, 9.17) is 22.6 Å². The van der Waals surface area contributed by atoms with Gasteiger partial charge >= 0.3 is 0 Å². The zero-order valence-electron chi connectivity index (χ0n) is 22.3. The molecule has 6 rings (SSSR count). The van der Waals surface area contributed by atoms with E-state index in [9.17, 15) is 4.79 Å². The number of rotatable bonds is 8. The van der Waals surface area contributed by atoms with Crippen molar-refractivity contribution in [2.45, 2.75) is 51.4 Å². The highest BCUT2D eigenvalue weighted by molar-refractivity contribution is 6.09. The number of carbonyl (C=O) groups is 1. The molecule has 1 aliphatic rings. The number of ether oxygens (including phenoxy) is 1. The van der Waals surface area contributed by atoms with Crippen LogP contribution in [-0.4, -0.2) is 25.3 Å². The van der Waals surface area contributed by atoms with E-state index in [1.807, 2.05) is 36.7 Å². The summed E-state index contributed by atoms with van der Waals surface area (Å²) in [6.07, 6.45) is 20.0. The predicted octanol–water partition coefficient (Wildman–Crippen LogP) is 6.60. The standard InChI is InChI=1S/C34H30N4O2/c1-3-5-24-10-16-28(17-11-24)38-31(37-30-20-36-34-29(32(30)38)18-19-35-34)22-40-21-25-8-14-27(15-9-25)33(39)26-12-6-23(4-2)7-13-26/h1-2,6-9,12-15,18-20,24,28H,5,10-11,16-17,21-22H2,(H,35,36). The zero-order valence-corrected chi connectivity index (χ0v) is 22.3. The van der Waals surface area contributed by atoms with Gasteiger partial charge in [-0.3, -0.25) is 4.79 Å². The Morgan fingerprint density at radius 3 is 2.40 bits per heavy atom. The molecule has 0 aliphatic heterocycles. The van der Waals surface area contributed by atoms with Crippen LogP contribution >= 0.6 is 0 Å². The van der Waals surface area contributed by atoms with Crippen LogP contribution in [0.3, 0.4) is 0 Å². The number of hydrogen-bond donors (Lipinski definition) is 1. The molecular formula is C34H30N4O2. The van der Waals surface area contributed by atoms with Gasteiger partial charge in [-0.25, -0.2) is 9.97 Å². The number of benzene rings is 2. The number of hydrogen-bond acceptors (Lipinski definition) is 4. The molecule has 198 valence electrons. The molecular weight excluding hydrogens is 496 g/mol. The SMILES string of the molecule is C#CCC1CCC(n2c(COCc3ccc(C(=O)c4ccc(C#C)cc4)cc3)nc3cnc4[nH]ccc4c32)CC1. The first-order valence-corrected chi connectivity index (χ1v) is 13.7. The lowest BCUT2D eigenvalue weighted by molar-refractivity contribution is 0.0970. The summed E-state index contributed by atoms with van der Waals surface area (Å²) < 4.78 is 8.57. The van der Waals surface area contributed by atoms with Crippen molar-refractivity contribution < 1.29 is 9.53 Å². The van der Waals surface area contributed by atoms with Crippen molar-refractivity contribution in [2.75, 3.05) is 0 Å². The van der Waals surface area contributed by atoms with E-state index in [0.29, 0.717) is 36.3 Å². The molecule has 1 aliphatic carbocycles. The molecule has 0 atom stereocenters. The van der Waals surface area contributed by atoms with Crippen molar-refractivity contribution >= 4 is 27.9 Å². The largest absolute Gasteiger partial charge is 0.369 e. The van der Waals surface area contributed by atoms with Crippen molar-refractivity contribution in [2.24, 2.45) is 5.92 Å². The molecule has 1 saturated carbocycles. The molecule has 6 heteroatoms. The maximum absolute atomic E-state index is 12.8. The Labute approximate surface area is 233 Å². The van der Waals surface area contributed by atoms with Crippen LogP contribution in [0.5, 0.6) is 0 Å². The van der Waals surface area contributed by atoms with Crippen LogP contribution in [0.25, 0.3) is 22.1 Å². The van der Waals surface area contributed by atoms with Crippen LogP contribution in [0, 0.1) is 30.6 Å². The van der Waals surface area contributed by atoms with Gasteiger partial charge in [0.1, 0.15) is 23.6 Å². The number of imidazole rings is 1. The number of carbonyl (C=O) groups excluding carboxylic acids is 1. The van der Waals surface area contributed by atoms with Gasteiger partial charge in [0, 0.05) is 40.7 Å². The van der Waals surface area contributed by atoms with Gasteiger partial charge in [-0.2, -0.15) is 0 Å². The second kappa shape index (κ2) is 11.2. The van der Waals surface area contributed by atoms with Crippen molar-refractivity contribution in [1.29, 1.82) is 0 Å². The minimum absolute atomic E-state index is 0.0357. The van der Waals surface area contributed by atoms with Crippen LogP contribution in [0.2, 0.25) is 0 Å². The van der Waals surface area contributed by atoms with Crippen LogP contribution in [-0.2, 0) is 18.0 Å². The summed E-state index contributed by atoms with van der Waals surface area (Å²) in [5.41, 5.74) is 5.85. The van der Waals surface area contributed by atoms with Gasteiger partial charge in [0.05, 0.1) is 18.3 Å². The van der Waals surface area contributed by atoms with Gasteiger partial charge in [0.25, 0.3) is 0 Å². The summed E-state index contributed by atoms with van der Waals surface area (Å²) in [6.45, 7) is 0.800. The molecule has 0 amide bonds. The molecule has 3 heterocycles. The van der Waals surface area contributed by atoms with Crippen molar-refractivity contribution in [3.8, 4) is 24.7 Å². The minimum atomic E-state index is -0.0357. The van der Waals surface area contributed by atoms with E-state index >= 15 is 0 Å². The molecule has 1 fully saturated rings. The molecule has 6 nitrogen and oxygen atoms in total. The molecule has 0 unspecified atom stereocenters. The van der Waals surface area contributed by atoms with E-state index in [0.717, 1.165) is 71.1 Å². The van der Waals surface area contributed by atoms with E-state index in [2.05, 4.69) is 32.4 Å². The summed E-state index contributed by atoms with van der Waals surface area (Å²) >= 11 is 0.